The molecule has 1 aliphatic rings. The molecule has 0 heterocycles. The predicted octanol–water partition coefficient (Wildman–Crippen LogP) is 3.63. The Hall–Kier alpha value is -0.0800. The fourth-order valence-corrected chi connectivity index (χ4v) is 2.88. The SMILES string of the molecule is CCCC1CCC(O)C(CCOCC(C)C)C1. The first-order chi connectivity index (χ1) is 8.13. The summed E-state index contributed by atoms with van der Waals surface area (Å²) in [6, 6.07) is 0. The molecule has 0 saturated heterocycles. The van der Waals surface area contributed by atoms with Crippen LogP contribution >= 0.6 is 0 Å². The number of aliphatic hydroxyl groups is 1. The van der Waals surface area contributed by atoms with Crippen molar-refractivity contribution in [1.29, 1.82) is 0 Å². The van der Waals surface area contributed by atoms with Crippen LogP contribution in [0.1, 0.15) is 59.3 Å². The van der Waals surface area contributed by atoms with Crippen molar-refractivity contribution in [2.75, 3.05) is 13.2 Å². The summed E-state index contributed by atoms with van der Waals surface area (Å²) < 4.78 is 5.63. The Morgan fingerprint density at radius 2 is 2.00 bits per heavy atom. The van der Waals surface area contributed by atoms with E-state index in [4.69, 9.17) is 4.74 Å². The molecule has 0 spiro atoms. The van der Waals surface area contributed by atoms with E-state index >= 15 is 0 Å². The standard InChI is InChI=1S/C15H30O2/c1-4-5-13-6-7-15(16)14(10-13)8-9-17-11-12(2)3/h12-16H,4-11H2,1-3H3. The highest BCUT2D eigenvalue weighted by molar-refractivity contribution is 4.79. The van der Waals surface area contributed by atoms with E-state index in [0.717, 1.165) is 32.0 Å². The number of ether oxygens (including phenoxy) is 1. The van der Waals surface area contributed by atoms with Crippen molar-refractivity contribution in [2.45, 2.75) is 65.4 Å². The van der Waals surface area contributed by atoms with Gasteiger partial charge in [-0.1, -0.05) is 33.6 Å². The van der Waals surface area contributed by atoms with Crippen LogP contribution in [0.4, 0.5) is 0 Å². The van der Waals surface area contributed by atoms with E-state index in [1.54, 1.807) is 0 Å². The molecule has 1 fully saturated rings. The van der Waals surface area contributed by atoms with Gasteiger partial charge >= 0.3 is 0 Å². The van der Waals surface area contributed by atoms with Crippen molar-refractivity contribution in [1.82, 2.24) is 0 Å². The molecule has 2 nitrogen and oxygen atoms in total. The first-order valence-corrected chi connectivity index (χ1v) is 7.39. The van der Waals surface area contributed by atoms with Gasteiger partial charge < -0.3 is 9.84 Å². The summed E-state index contributed by atoms with van der Waals surface area (Å²) in [6.07, 6.45) is 6.99. The first-order valence-electron chi connectivity index (χ1n) is 7.39. The molecule has 0 aromatic heterocycles. The summed E-state index contributed by atoms with van der Waals surface area (Å²) in [5.41, 5.74) is 0. The molecule has 1 N–H and O–H groups in total. The van der Waals surface area contributed by atoms with Gasteiger partial charge in [-0.2, -0.15) is 0 Å². The normalized spacial score (nSPS) is 29.8. The van der Waals surface area contributed by atoms with E-state index in [1.807, 2.05) is 0 Å². The molecule has 0 aliphatic heterocycles. The minimum atomic E-state index is -0.0780. The van der Waals surface area contributed by atoms with Gasteiger partial charge in [0.15, 0.2) is 0 Å². The van der Waals surface area contributed by atoms with Crippen LogP contribution in [0.3, 0.4) is 0 Å². The van der Waals surface area contributed by atoms with Crippen LogP contribution in [0, 0.1) is 17.8 Å². The number of hydrogen-bond acceptors (Lipinski definition) is 2. The van der Waals surface area contributed by atoms with E-state index in [-0.39, 0.29) is 6.10 Å². The molecule has 0 bridgehead atoms. The second-order valence-corrected chi connectivity index (χ2v) is 6.05. The maximum atomic E-state index is 10.0. The number of hydrogen-bond donors (Lipinski definition) is 1. The zero-order chi connectivity index (χ0) is 12.7. The second-order valence-electron chi connectivity index (χ2n) is 6.05. The van der Waals surface area contributed by atoms with Crippen LogP contribution < -0.4 is 0 Å². The van der Waals surface area contributed by atoms with Gasteiger partial charge in [-0.15, -0.1) is 0 Å². The third-order valence-electron chi connectivity index (χ3n) is 3.83. The summed E-state index contributed by atoms with van der Waals surface area (Å²) in [5, 5.41) is 10.0. The third-order valence-corrected chi connectivity index (χ3v) is 3.83. The fourth-order valence-electron chi connectivity index (χ4n) is 2.88. The van der Waals surface area contributed by atoms with E-state index in [1.165, 1.54) is 25.7 Å². The Morgan fingerprint density at radius 1 is 1.24 bits per heavy atom. The Balaban J connectivity index is 2.20. The second kappa shape index (κ2) is 8.10. The Labute approximate surface area is 107 Å². The molecular formula is C15H30O2. The van der Waals surface area contributed by atoms with Crippen molar-refractivity contribution < 1.29 is 9.84 Å². The lowest BCUT2D eigenvalue weighted by molar-refractivity contribution is 0.0182. The minimum absolute atomic E-state index is 0.0780. The molecule has 3 unspecified atom stereocenters. The molecule has 0 radical (unpaired) electrons. The van der Waals surface area contributed by atoms with Gasteiger partial charge in [-0.25, -0.2) is 0 Å². The van der Waals surface area contributed by atoms with Crippen LogP contribution in [0.15, 0.2) is 0 Å². The summed E-state index contributed by atoms with van der Waals surface area (Å²) >= 11 is 0. The number of rotatable bonds is 7. The van der Waals surface area contributed by atoms with Gasteiger partial charge in [0.2, 0.25) is 0 Å². The molecule has 17 heavy (non-hydrogen) atoms. The maximum Gasteiger partial charge on any atom is 0.0569 e. The van der Waals surface area contributed by atoms with Crippen LogP contribution in [-0.2, 0) is 4.74 Å². The molecule has 0 aromatic carbocycles. The van der Waals surface area contributed by atoms with E-state index < -0.39 is 0 Å². The summed E-state index contributed by atoms with van der Waals surface area (Å²) in [6.45, 7) is 8.27. The Morgan fingerprint density at radius 3 is 2.65 bits per heavy atom. The molecule has 1 saturated carbocycles. The van der Waals surface area contributed by atoms with Crippen molar-refractivity contribution >= 4 is 0 Å². The van der Waals surface area contributed by atoms with Crippen molar-refractivity contribution in [2.24, 2.45) is 17.8 Å². The topological polar surface area (TPSA) is 29.5 Å². The first kappa shape index (κ1) is 15.0. The van der Waals surface area contributed by atoms with Crippen LogP contribution in [0.2, 0.25) is 0 Å². The van der Waals surface area contributed by atoms with Gasteiger partial charge in [-0.3, -0.25) is 0 Å². The van der Waals surface area contributed by atoms with Crippen molar-refractivity contribution in [3.8, 4) is 0 Å². The summed E-state index contributed by atoms with van der Waals surface area (Å²) in [4.78, 5) is 0. The third kappa shape index (κ3) is 5.87. The molecule has 1 aliphatic carbocycles. The molecule has 102 valence electrons. The van der Waals surface area contributed by atoms with Gasteiger partial charge in [-0.05, 0) is 43.4 Å². The minimum Gasteiger partial charge on any atom is -0.393 e. The zero-order valence-electron chi connectivity index (χ0n) is 11.8. The monoisotopic (exact) mass is 242 g/mol. The van der Waals surface area contributed by atoms with Gasteiger partial charge in [0.25, 0.3) is 0 Å². The maximum absolute atomic E-state index is 10.0. The molecule has 0 aromatic rings. The van der Waals surface area contributed by atoms with Crippen LogP contribution in [-0.4, -0.2) is 24.4 Å². The van der Waals surface area contributed by atoms with Gasteiger partial charge in [0.1, 0.15) is 0 Å². The average Bonchev–Trinajstić information content (AvgIpc) is 2.28. The zero-order valence-corrected chi connectivity index (χ0v) is 11.8. The Bertz CT molecular complexity index is 191. The van der Waals surface area contributed by atoms with E-state index in [0.29, 0.717) is 11.8 Å². The van der Waals surface area contributed by atoms with E-state index in [2.05, 4.69) is 20.8 Å². The quantitative estimate of drug-likeness (QED) is 0.691. The lowest BCUT2D eigenvalue weighted by Crippen LogP contribution is -2.30. The average molecular weight is 242 g/mol. The molecular weight excluding hydrogens is 212 g/mol. The lowest BCUT2D eigenvalue weighted by Gasteiger charge is -2.33. The van der Waals surface area contributed by atoms with Gasteiger partial charge in [0, 0.05) is 13.2 Å². The number of aliphatic hydroxyl groups excluding tert-OH is 1. The van der Waals surface area contributed by atoms with Crippen LogP contribution in [0.25, 0.3) is 0 Å². The Kier molecular flexibility index (Phi) is 7.14. The van der Waals surface area contributed by atoms with Crippen molar-refractivity contribution in [3.05, 3.63) is 0 Å². The fraction of sp³-hybridized carbons (Fsp3) is 1.00. The van der Waals surface area contributed by atoms with Crippen LogP contribution in [0.5, 0.6) is 0 Å². The van der Waals surface area contributed by atoms with Crippen molar-refractivity contribution in [3.63, 3.8) is 0 Å². The summed E-state index contributed by atoms with van der Waals surface area (Å²) in [5.74, 6) is 1.94. The predicted molar refractivity (Wildman–Crippen MR) is 72.0 cm³/mol. The highest BCUT2D eigenvalue weighted by Gasteiger charge is 2.28. The molecule has 0 amide bonds. The largest absolute Gasteiger partial charge is 0.393 e. The van der Waals surface area contributed by atoms with Gasteiger partial charge in [0.05, 0.1) is 6.10 Å². The molecule has 1 rings (SSSR count). The highest BCUT2D eigenvalue weighted by Crippen LogP contribution is 2.33. The summed E-state index contributed by atoms with van der Waals surface area (Å²) in [7, 11) is 0. The molecule has 3 atom stereocenters. The lowest BCUT2D eigenvalue weighted by atomic mass is 9.76. The highest BCUT2D eigenvalue weighted by atomic mass is 16.5. The molecule has 2 heteroatoms. The van der Waals surface area contributed by atoms with E-state index in [9.17, 15) is 5.11 Å². The smallest absolute Gasteiger partial charge is 0.0569 e.